The normalized spacial score (nSPS) is 15.8. The molecule has 1 atom stereocenters. The first-order valence-corrected chi connectivity index (χ1v) is 10.8. The number of thiazole rings is 1. The zero-order valence-corrected chi connectivity index (χ0v) is 18.3. The Hall–Kier alpha value is -3.44. The average molecular weight is 456 g/mol. The molecular formula is C21H20N4O6S. The van der Waals surface area contributed by atoms with Crippen molar-refractivity contribution in [3.05, 3.63) is 67.3 Å². The molecule has 2 aromatic carbocycles. The maximum atomic E-state index is 13.5. The third-order valence-corrected chi connectivity index (χ3v) is 6.50. The van der Waals surface area contributed by atoms with Crippen LogP contribution in [0.2, 0.25) is 0 Å². The van der Waals surface area contributed by atoms with Crippen LogP contribution >= 0.6 is 11.3 Å². The number of carbonyl (C=O) groups is 1. The largest absolute Gasteiger partial charge is 0.376 e. The molecule has 1 unspecified atom stereocenters. The highest BCUT2D eigenvalue weighted by Crippen LogP contribution is 2.34. The predicted molar refractivity (Wildman–Crippen MR) is 119 cm³/mol. The molecule has 2 heterocycles. The van der Waals surface area contributed by atoms with Crippen LogP contribution in [0.15, 0.2) is 30.3 Å². The van der Waals surface area contributed by atoms with E-state index < -0.39 is 27.1 Å². The van der Waals surface area contributed by atoms with Crippen molar-refractivity contribution < 1.29 is 19.4 Å². The standard InChI is InChI=1S/C21H20N4O6S/c1-12-6-13(2)19-18(7-12)22-21(32-19)23(11-17-4-3-5-31-17)20(26)14-8-15(24(27)28)10-16(9-14)25(29)30/h6-10,17H,3-5,11H2,1-2H3. The first-order valence-electron chi connectivity index (χ1n) is 9.98. The molecule has 1 aliphatic rings. The fraction of sp³-hybridized carbons (Fsp3) is 0.333. The van der Waals surface area contributed by atoms with Crippen molar-refractivity contribution in [2.45, 2.75) is 32.8 Å². The number of benzene rings is 2. The molecule has 166 valence electrons. The lowest BCUT2D eigenvalue weighted by molar-refractivity contribution is -0.394. The Balaban J connectivity index is 1.80. The van der Waals surface area contributed by atoms with Gasteiger partial charge in [-0.15, -0.1) is 0 Å². The Morgan fingerprint density at radius 2 is 1.84 bits per heavy atom. The van der Waals surface area contributed by atoms with Crippen LogP contribution in [0.1, 0.15) is 34.3 Å². The van der Waals surface area contributed by atoms with Gasteiger partial charge < -0.3 is 4.74 Å². The highest BCUT2D eigenvalue weighted by atomic mass is 32.1. The topological polar surface area (TPSA) is 129 Å². The molecule has 0 spiro atoms. The van der Waals surface area contributed by atoms with Crippen LogP contribution in [0.5, 0.6) is 0 Å². The summed E-state index contributed by atoms with van der Waals surface area (Å²) in [4.78, 5) is 40.6. The van der Waals surface area contributed by atoms with Gasteiger partial charge in [-0.25, -0.2) is 4.98 Å². The maximum Gasteiger partial charge on any atom is 0.277 e. The van der Waals surface area contributed by atoms with E-state index in [1.807, 2.05) is 26.0 Å². The molecule has 1 aromatic heterocycles. The third-order valence-electron chi connectivity index (χ3n) is 5.27. The van der Waals surface area contributed by atoms with Gasteiger partial charge in [-0.05, 0) is 43.9 Å². The van der Waals surface area contributed by atoms with Crippen molar-refractivity contribution in [3.8, 4) is 0 Å². The van der Waals surface area contributed by atoms with Crippen LogP contribution in [-0.4, -0.2) is 40.0 Å². The summed E-state index contributed by atoms with van der Waals surface area (Å²) in [7, 11) is 0. The van der Waals surface area contributed by atoms with E-state index in [1.165, 1.54) is 16.2 Å². The Morgan fingerprint density at radius 1 is 1.16 bits per heavy atom. The van der Waals surface area contributed by atoms with Crippen molar-refractivity contribution in [3.63, 3.8) is 0 Å². The number of anilines is 1. The summed E-state index contributed by atoms with van der Waals surface area (Å²) in [5, 5.41) is 23.0. The molecule has 1 fully saturated rings. The summed E-state index contributed by atoms with van der Waals surface area (Å²) in [6, 6.07) is 6.90. The number of carbonyl (C=O) groups excluding carboxylic acids is 1. The lowest BCUT2D eigenvalue weighted by Crippen LogP contribution is -2.37. The number of non-ortho nitro benzene ring substituents is 2. The second-order valence-electron chi connectivity index (χ2n) is 7.73. The van der Waals surface area contributed by atoms with E-state index in [-0.39, 0.29) is 18.2 Å². The lowest BCUT2D eigenvalue weighted by Gasteiger charge is -2.23. The van der Waals surface area contributed by atoms with Gasteiger partial charge in [0.05, 0.1) is 44.3 Å². The van der Waals surface area contributed by atoms with Crippen molar-refractivity contribution in [1.82, 2.24) is 4.98 Å². The molecule has 0 aliphatic carbocycles. The molecule has 0 saturated carbocycles. The van der Waals surface area contributed by atoms with Crippen LogP contribution in [-0.2, 0) is 4.74 Å². The minimum Gasteiger partial charge on any atom is -0.376 e. The van der Waals surface area contributed by atoms with Gasteiger partial charge in [0, 0.05) is 18.7 Å². The second-order valence-corrected chi connectivity index (χ2v) is 8.71. The number of aromatic nitrogens is 1. The Labute approximate surface area is 186 Å². The Morgan fingerprint density at radius 3 is 2.44 bits per heavy atom. The fourth-order valence-electron chi connectivity index (χ4n) is 3.81. The molecule has 1 amide bonds. The number of amides is 1. The summed E-state index contributed by atoms with van der Waals surface area (Å²) in [5.41, 5.74) is 1.64. The minimum absolute atomic E-state index is 0.143. The first kappa shape index (κ1) is 21.8. The van der Waals surface area contributed by atoms with Crippen molar-refractivity contribution in [2.24, 2.45) is 0 Å². The van der Waals surface area contributed by atoms with Crippen molar-refractivity contribution in [2.75, 3.05) is 18.1 Å². The summed E-state index contributed by atoms with van der Waals surface area (Å²) in [5.74, 6) is -0.597. The molecule has 1 saturated heterocycles. The molecule has 0 radical (unpaired) electrons. The summed E-state index contributed by atoms with van der Waals surface area (Å²) in [6.07, 6.45) is 1.43. The van der Waals surface area contributed by atoms with Crippen LogP contribution < -0.4 is 4.90 Å². The number of hydrogen-bond donors (Lipinski definition) is 0. The zero-order chi connectivity index (χ0) is 23.0. The second kappa shape index (κ2) is 8.60. The smallest absolute Gasteiger partial charge is 0.277 e. The molecule has 3 aromatic rings. The predicted octanol–water partition coefficient (Wildman–Crippen LogP) is 4.56. The average Bonchev–Trinajstić information content (AvgIpc) is 3.40. The lowest BCUT2D eigenvalue weighted by atomic mass is 10.1. The molecule has 0 bridgehead atoms. The Bertz CT molecular complexity index is 1200. The van der Waals surface area contributed by atoms with Gasteiger partial charge >= 0.3 is 0 Å². The van der Waals surface area contributed by atoms with Gasteiger partial charge in [0.1, 0.15) is 0 Å². The molecule has 32 heavy (non-hydrogen) atoms. The number of ether oxygens (including phenoxy) is 1. The maximum absolute atomic E-state index is 13.5. The van der Waals surface area contributed by atoms with Crippen molar-refractivity contribution in [1.29, 1.82) is 0 Å². The molecule has 0 N–H and O–H groups in total. The van der Waals surface area contributed by atoms with Crippen LogP contribution in [0.3, 0.4) is 0 Å². The highest BCUT2D eigenvalue weighted by Gasteiger charge is 2.29. The van der Waals surface area contributed by atoms with Gasteiger partial charge in [-0.2, -0.15) is 0 Å². The number of rotatable bonds is 6. The first-order chi connectivity index (χ1) is 15.2. The van der Waals surface area contributed by atoms with Crippen LogP contribution in [0.25, 0.3) is 10.2 Å². The number of fused-ring (bicyclic) bond motifs is 1. The van der Waals surface area contributed by atoms with Crippen LogP contribution in [0, 0.1) is 34.1 Å². The SMILES string of the molecule is Cc1cc(C)c2sc(N(CC3CCCO3)C(=O)c3cc([N+](=O)[O-])cc([N+](=O)[O-])c3)nc2c1. The fourth-order valence-corrected chi connectivity index (χ4v) is 4.83. The monoisotopic (exact) mass is 456 g/mol. The quantitative estimate of drug-likeness (QED) is 0.393. The number of nitro groups is 2. The third kappa shape index (κ3) is 4.30. The van der Waals surface area contributed by atoms with E-state index in [9.17, 15) is 25.0 Å². The molecule has 1 aliphatic heterocycles. The van der Waals surface area contributed by atoms with Crippen LogP contribution in [0.4, 0.5) is 16.5 Å². The number of nitro benzene ring substituents is 2. The van der Waals surface area contributed by atoms with E-state index in [2.05, 4.69) is 4.98 Å². The van der Waals surface area contributed by atoms with Gasteiger partial charge in [-0.1, -0.05) is 17.4 Å². The zero-order valence-electron chi connectivity index (χ0n) is 17.4. The highest BCUT2D eigenvalue weighted by molar-refractivity contribution is 7.22. The van der Waals surface area contributed by atoms with E-state index in [1.54, 1.807) is 0 Å². The molecule has 11 heteroatoms. The van der Waals surface area contributed by atoms with E-state index >= 15 is 0 Å². The summed E-state index contributed by atoms with van der Waals surface area (Å²) < 4.78 is 6.63. The molecular weight excluding hydrogens is 436 g/mol. The summed E-state index contributed by atoms with van der Waals surface area (Å²) >= 11 is 1.34. The van der Waals surface area contributed by atoms with Gasteiger partial charge in [0.2, 0.25) is 0 Å². The van der Waals surface area contributed by atoms with Gasteiger partial charge in [-0.3, -0.25) is 29.9 Å². The van der Waals surface area contributed by atoms with Gasteiger partial charge in [0.25, 0.3) is 17.3 Å². The minimum atomic E-state index is -0.752. The molecule has 10 nitrogen and oxygen atoms in total. The van der Waals surface area contributed by atoms with Crippen molar-refractivity contribution >= 4 is 44.0 Å². The van der Waals surface area contributed by atoms with E-state index in [4.69, 9.17) is 4.74 Å². The summed E-state index contributed by atoms with van der Waals surface area (Å²) in [6.45, 7) is 4.72. The number of hydrogen-bond acceptors (Lipinski definition) is 8. The number of nitrogens with zero attached hydrogens (tertiary/aromatic N) is 4. The van der Waals surface area contributed by atoms with E-state index in [0.29, 0.717) is 11.7 Å². The van der Waals surface area contributed by atoms with E-state index in [0.717, 1.165) is 52.4 Å². The molecule has 4 rings (SSSR count). The van der Waals surface area contributed by atoms with Gasteiger partial charge in [0.15, 0.2) is 5.13 Å². The number of aryl methyl sites for hydroxylation is 2. The Kier molecular flexibility index (Phi) is 5.85.